The van der Waals surface area contributed by atoms with Gasteiger partial charge >= 0.3 is 0 Å². The van der Waals surface area contributed by atoms with Crippen molar-refractivity contribution < 1.29 is 0 Å². The van der Waals surface area contributed by atoms with Gasteiger partial charge in [-0.3, -0.25) is 5.10 Å². The largest absolute Gasteiger partial charge is 0.306 e. The normalized spacial score (nSPS) is 11.8. The fourth-order valence-electron chi connectivity index (χ4n) is 1.09. The second-order valence-corrected chi connectivity index (χ2v) is 3.41. The van der Waals surface area contributed by atoms with Gasteiger partial charge in [-0.25, -0.2) is 0 Å². The third kappa shape index (κ3) is 2.44. The number of aromatic nitrogens is 2. The quantitative estimate of drug-likeness (QED) is 0.728. The SMILES string of the molecule is Cc1c[nH]nc1/C(C#N)=C/CN(C)C. The van der Waals surface area contributed by atoms with E-state index in [1.165, 1.54) is 0 Å². The number of H-pyrrole nitrogens is 1. The maximum absolute atomic E-state index is 8.94. The molecule has 1 aromatic heterocycles. The Kier molecular flexibility index (Phi) is 3.43. The van der Waals surface area contributed by atoms with Crippen molar-refractivity contribution in [2.24, 2.45) is 0 Å². The van der Waals surface area contributed by atoms with E-state index >= 15 is 0 Å². The Hall–Kier alpha value is -1.60. The molecular weight excluding hydrogens is 176 g/mol. The van der Waals surface area contributed by atoms with Crippen LogP contribution in [0.25, 0.3) is 5.57 Å². The molecule has 1 aromatic rings. The lowest BCUT2D eigenvalue weighted by molar-refractivity contribution is 0.457. The van der Waals surface area contributed by atoms with Crippen LogP contribution in [-0.2, 0) is 0 Å². The van der Waals surface area contributed by atoms with Crippen molar-refractivity contribution in [2.45, 2.75) is 6.92 Å². The molecule has 0 atom stereocenters. The molecule has 74 valence electrons. The molecule has 0 aliphatic heterocycles. The van der Waals surface area contributed by atoms with Crippen LogP contribution in [0.2, 0.25) is 0 Å². The van der Waals surface area contributed by atoms with E-state index in [-0.39, 0.29) is 0 Å². The number of aromatic amines is 1. The zero-order valence-corrected chi connectivity index (χ0v) is 8.70. The summed E-state index contributed by atoms with van der Waals surface area (Å²) in [5.41, 5.74) is 2.36. The molecule has 14 heavy (non-hydrogen) atoms. The van der Waals surface area contributed by atoms with E-state index in [2.05, 4.69) is 16.3 Å². The molecule has 0 aromatic carbocycles. The molecule has 0 aliphatic carbocycles. The van der Waals surface area contributed by atoms with Gasteiger partial charge in [-0.1, -0.05) is 6.08 Å². The van der Waals surface area contributed by atoms with E-state index in [1.54, 1.807) is 6.20 Å². The third-order valence-electron chi connectivity index (χ3n) is 1.87. The lowest BCUT2D eigenvalue weighted by Gasteiger charge is -2.04. The predicted molar refractivity (Wildman–Crippen MR) is 55.5 cm³/mol. The van der Waals surface area contributed by atoms with Gasteiger partial charge < -0.3 is 4.90 Å². The number of hydrogen-bond acceptors (Lipinski definition) is 3. The lowest BCUT2D eigenvalue weighted by atomic mass is 10.1. The summed E-state index contributed by atoms with van der Waals surface area (Å²) in [5.74, 6) is 0. The number of aryl methyl sites for hydroxylation is 1. The van der Waals surface area contributed by atoms with E-state index in [1.807, 2.05) is 32.0 Å². The lowest BCUT2D eigenvalue weighted by Crippen LogP contribution is -2.11. The van der Waals surface area contributed by atoms with Crippen molar-refractivity contribution in [1.29, 1.82) is 5.26 Å². The van der Waals surface area contributed by atoms with Crippen LogP contribution in [-0.4, -0.2) is 35.7 Å². The van der Waals surface area contributed by atoms with Gasteiger partial charge in [0.25, 0.3) is 0 Å². The number of nitrogens with one attached hydrogen (secondary N) is 1. The van der Waals surface area contributed by atoms with E-state index in [0.717, 1.165) is 17.8 Å². The molecule has 0 radical (unpaired) electrons. The molecule has 0 bridgehead atoms. The Morgan fingerprint density at radius 2 is 2.43 bits per heavy atom. The molecule has 1 heterocycles. The topological polar surface area (TPSA) is 55.7 Å². The predicted octanol–water partition coefficient (Wildman–Crippen LogP) is 1.19. The van der Waals surface area contributed by atoms with E-state index in [4.69, 9.17) is 5.26 Å². The first-order chi connectivity index (χ1) is 6.65. The van der Waals surface area contributed by atoms with Gasteiger partial charge in [-0.05, 0) is 26.6 Å². The van der Waals surface area contributed by atoms with Crippen LogP contribution in [0.3, 0.4) is 0 Å². The third-order valence-corrected chi connectivity index (χ3v) is 1.87. The van der Waals surface area contributed by atoms with Crippen LogP contribution in [0, 0.1) is 18.3 Å². The van der Waals surface area contributed by atoms with Gasteiger partial charge in [0.1, 0.15) is 11.8 Å². The maximum atomic E-state index is 8.94. The minimum Gasteiger partial charge on any atom is -0.306 e. The molecule has 0 amide bonds. The average Bonchev–Trinajstić information content (AvgIpc) is 2.53. The van der Waals surface area contributed by atoms with Crippen LogP contribution in [0.1, 0.15) is 11.3 Å². The van der Waals surface area contributed by atoms with Crippen LogP contribution in [0.4, 0.5) is 0 Å². The molecule has 0 unspecified atom stereocenters. The Morgan fingerprint density at radius 1 is 1.71 bits per heavy atom. The monoisotopic (exact) mass is 190 g/mol. The number of nitriles is 1. The van der Waals surface area contributed by atoms with Gasteiger partial charge in [-0.15, -0.1) is 0 Å². The van der Waals surface area contributed by atoms with Gasteiger partial charge in [0.2, 0.25) is 0 Å². The molecule has 0 aliphatic rings. The van der Waals surface area contributed by atoms with Crippen molar-refractivity contribution in [3.8, 4) is 6.07 Å². The van der Waals surface area contributed by atoms with Crippen molar-refractivity contribution in [2.75, 3.05) is 20.6 Å². The highest BCUT2D eigenvalue weighted by Gasteiger charge is 2.06. The van der Waals surface area contributed by atoms with E-state index < -0.39 is 0 Å². The molecule has 0 spiro atoms. The van der Waals surface area contributed by atoms with Crippen LogP contribution < -0.4 is 0 Å². The zero-order chi connectivity index (χ0) is 10.6. The van der Waals surface area contributed by atoms with Crippen molar-refractivity contribution in [3.63, 3.8) is 0 Å². The first-order valence-electron chi connectivity index (χ1n) is 4.41. The highest BCUT2D eigenvalue weighted by Crippen LogP contribution is 2.14. The molecule has 4 heteroatoms. The van der Waals surface area contributed by atoms with Crippen molar-refractivity contribution in [3.05, 3.63) is 23.5 Å². The van der Waals surface area contributed by atoms with Gasteiger partial charge in [-0.2, -0.15) is 10.4 Å². The Balaban J connectivity index is 2.89. The van der Waals surface area contributed by atoms with Crippen molar-refractivity contribution in [1.82, 2.24) is 15.1 Å². The number of likely N-dealkylation sites (N-methyl/N-ethyl adjacent to an activating group) is 1. The van der Waals surface area contributed by atoms with Crippen LogP contribution in [0.5, 0.6) is 0 Å². The number of nitrogens with zero attached hydrogens (tertiary/aromatic N) is 3. The molecule has 1 N–H and O–H groups in total. The number of allylic oxidation sites excluding steroid dienone is 1. The van der Waals surface area contributed by atoms with Gasteiger partial charge in [0, 0.05) is 12.7 Å². The van der Waals surface area contributed by atoms with Crippen LogP contribution >= 0.6 is 0 Å². The second kappa shape index (κ2) is 4.58. The number of rotatable bonds is 3. The average molecular weight is 190 g/mol. The minimum absolute atomic E-state index is 0.623. The summed E-state index contributed by atoms with van der Waals surface area (Å²) in [4.78, 5) is 2.00. The summed E-state index contributed by atoms with van der Waals surface area (Å²) in [6.45, 7) is 2.68. The summed E-state index contributed by atoms with van der Waals surface area (Å²) in [7, 11) is 3.92. The van der Waals surface area contributed by atoms with E-state index in [0.29, 0.717) is 5.57 Å². The van der Waals surface area contributed by atoms with E-state index in [9.17, 15) is 0 Å². The summed E-state index contributed by atoms with van der Waals surface area (Å²) in [6, 6.07) is 2.15. The highest BCUT2D eigenvalue weighted by molar-refractivity contribution is 5.76. The maximum Gasteiger partial charge on any atom is 0.105 e. The number of hydrogen-bond donors (Lipinski definition) is 1. The summed E-state index contributed by atoms with van der Waals surface area (Å²) in [5, 5.41) is 15.7. The Morgan fingerprint density at radius 3 is 2.86 bits per heavy atom. The first kappa shape index (κ1) is 10.5. The summed E-state index contributed by atoms with van der Waals surface area (Å²) < 4.78 is 0. The molecular formula is C10H14N4. The molecule has 0 saturated carbocycles. The molecule has 0 saturated heterocycles. The van der Waals surface area contributed by atoms with Crippen molar-refractivity contribution >= 4 is 5.57 Å². The smallest absolute Gasteiger partial charge is 0.105 e. The highest BCUT2D eigenvalue weighted by atomic mass is 15.1. The fourth-order valence-corrected chi connectivity index (χ4v) is 1.09. The fraction of sp³-hybridized carbons (Fsp3) is 0.400. The molecule has 4 nitrogen and oxygen atoms in total. The summed E-state index contributed by atoms with van der Waals surface area (Å²) >= 11 is 0. The minimum atomic E-state index is 0.623. The molecule has 1 rings (SSSR count). The first-order valence-corrected chi connectivity index (χ1v) is 4.41. The van der Waals surface area contributed by atoms with Crippen LogP contribution in [0.15, 0.2) is 12.3 Å². The Bertz CT molecular complexity index is 368. The standard InChI is InChI=1S/C10H14N4/c1-8-7-12-13-10(8)9(6-11)4-5-14(2)3/h4,7H,5H2,1-3H3,(H,12,13)/b9-4+. The van der Waals surface area contributed by atoms with Gasteiger partial charge in [0.05, 0.1) is 5.57 Å². The zero-order valence-electron chi connectivity index (χ0n) is 8.70. The van der Waals surface area contributed by atoms with Gasteiger partial charge in [0.15, 0.2) is 0 Å². The Labute approximate surface area is 83.8 Å². The second-order valence-electron chi connectivity index (χ2n) is 3.41. The summed E-state index contributed by atoms with van der Waals surface area (Å²) in [6.07, 6.45) is 3.67. The molecule has 0 fully saturated rings.